The molecule has 3 nitrogen and oxygen atoms in total. The Hall–Kier alpha value is -1.98. The van der Waals surface area contributed by atoms with E-state index in [9.17, 15) is 4.39 Å². The van der Waals surface area contributed by atoms with Gasteiger partial charge in [0, 0.05) is 0 Å². The van der Waals surface area contributed by atoms with Crippen molar-refractivity contribution in [2.24, 2.45) is 0 Å². The Kier molecular flexibility index (Phi) is 4.59. The first kappa shape index (κ1) is 15.9. The highest BCUT2D eigenvalue weighted by Crippen LogP contribution is 2.25. The lowest BCUT2D eigenvalue weighted by Gasteiger charge is -2.21. The molecule has 0 bridgehead atoms. The molecule has 0 aliphatic heterocycles. The molecule has 120 valence electrons. The summed E-state index contributed by atoms with van der Waals surface area (Å²) in [4.78, 5) is 5.97. The molecule has 0 amide bonds. The Labute approximate surface area is 139 Å². The largest absolute Gasteiger partial charge is 0.496 e. The van der Waals surface area contributed by atoms with Crippen LogP contribution in [0.15, 0.2) is 42.5 Å². The Morgan fingerprint density at radius 1 is 1.26 bits per heavy atom. The van der Waals surface area contributed by atoms with Crippen LogP contribution in [0.4, 0.5) is 4.39 Å². The molecule has 1 heterocycles. The number of nitrogens with one attached hydrogen (secondary N) is 1. The lowest BCUT2D eigenvalue weighted by atomic mass is 10.1. The molecule has 0 aliphatic carbocycles. The van der Waals surface area contributed by atoms with E-state index in [1.165, 1.54) is 15.7 Å². The standard InChI is InChI=1S/C18H19FN2OS/c1-12(18-20-15-6-4-5-7-17(15)23-18)21(2)11-13-10-14(19)8-9-16(13)22-3/h4-10,12H,11H2,1-3H3/p+1/t12-/m1/s1. The molecule has 1 aromatic heterocycles. The Bertz CT molecular complexity index is 785. The van der Waals surface area contributed by atoms with Gasteiger partial charge < -0.3 is 9.64 Å². The number of benzene rings is 2. The number of ether oxygens (including phenoxy) is 1. The quantitative estimate of drug-likeness (QED) is 0.777. The number of fused-ring (bicyclic) bond motifs is 1. The molecule has 0 saturated carbocycles. The second-order valence-corrected chi connectivity index (χ2v) is 6.78. The van der Waals surface area contributed by atoms with E-state index in [0.29, 0.717) is 6.54 Å². The van der Waals surface area contributed by atoms with Crippen molar-refractivity contribution in [3.8, 4) is 5.75 Å². The molecule has 3 rings (SSSR count). The number of hydrogen-bond donors (Lipinski definition) is 1. The highest BCUT2D eigenvalue weighted by molar-refractivity contribution is 7.18. The summed E-state index contributed by atoms with van der Waals surface area (Å²) in [6, 6.07) is 13.0. The van der Waals surface area contributed by atoms with Crippen molar-refractivity contribution in [1.82, 2.24) is 4.98 Å². The van der Waals surface area contributed by atoms with Crippen LogP contribution in [0.5, 0.6) is 5.75 Å². The Morgan fingerprint density at radius 2 is 2.04 bits per heavy atom. The summed E-state index contributed by atoms with van der Waals surface area (Å²) < 4.78 is 20.1. The van der Waals surface area contributed by atoms with Gasteiger partial charge >= 0.3 is 0 Å². The van der Waals surface area contributed by atoms with Gasteiger partial charge in [-0.05, 0) is 37.3 Å². The fourth-order valence-corrected chi connectivity index (χ4v) is 3.74. The third-order valence-corrected chi connectivity index (χ3v) is 5.35. The Morgan fingerprint density at radius 3 is 2.78 bits per heavy atom. The number of para-hydroxylation sites is 1. The number of methoxy groups -OCH3 is 1. The summed E-state index contributed by atoms with van der Waals surface area (Å²) in [5.74, 6) is 0.489. The maximum atomic E-state index is 13.5. The molecule has 2 aromatic carbocycles. The van der Waals surface area contributed by atoms with Gasteiger partial charge in [0.15, 0.2) is 5.01 Å². The summed E-state index contributed by atoms with van der Waals surface area (Å²) in [5.41, 5.74) is 1.91. The predicted molar refractivity (Wildman–Crippen MR) is 91.6 cm³/mol. The molecule has 1 unspecified atom stereocenters. The van der Waals surface area contributed by atoms with Gasteiger partial charge in [-0.1, -0.05) is 12.1 Å². The normalized spacial score (nSPS) is 13.9. The highest BCUT2D eigenvalue weighted by atomic mass is 32.1. The van der Waals surface area contributed by atoms with Crippen molar-refractivity contribution in [2.75, 3.05) is 14.2 Å². The highest BCUT2D eigenvalue weighted by Gasteiger charge is 2.21. The average molecular weight is 331 g/mol. The number of rotatable bonds is 5. The molecule has 2 atom stereocenters. The number of quaternary nitrogens is 1. The second kappa shape index (κ2) is 6.64. The fraction of sp³-hybridized carbons (Fsp3) is 0.278. The molecule has 23 heavy (non-hydrogen) atoms. The van der Waals surface area contributed by atoms with Crippen LogP contribution in [-0.2, 0) is 6.54 Å². The van der Waals surface area contributed by atoms with Gasteiger partial charge in [-0.3, -0.25) is 0 Å². The zero-order chi connectivity index (χ0) is 16.4. The molecule has 5 heteroatoms. The van der Waals surface area contributed by atoms with E-state index in [1.807, 2.05) is 18.2 Å². The molecular formula is C18H20FN2OS+. The molecule has 0 radical (unpaired) electrons. The van der Waals surface area contributed by atoms with E-state index in [2.05, 4.69) is 20.0 Å². The van der Waals surface area contributed by atoms with Gasteiger partial charge in [0.1, 0.15) is 24.2 Å². The second-order valence-electron chi connectivity index (χ2n) is 5.72. The number of aromatic nitrogens is 1. The van der Waals surface area contributed by atoms with Crippen LogP contribution < -0.4 is 9.64 Å². The zero-order valence-corrected chi connectivity index (χ0v) is 14.3. The van der Waals surface area contributed by atoms with Gasteiger partial charge in [0.25, 0.3) is 0 Å². The summed E-state index contributed by atoms with van der Waals surface area (Å²) in [5, 5.41) is 1.10. The number of halogens is 1. The molecule has 0 aliphatic rings. The van der Waals surface area contributed by atoms with Gasteiger partial charge in [0.2, 0.25) is 0 Å². The minimum absolute atomic E-state index is 0.223. The van der Waals surface area contributed by atoms with Crippen molar-refractivity contribution in [2.45, 2.75) is 19.5 Å². The first-order valence-electron chi connectivity index (χ1n) is 7.58. The average Bonchev–Trinajstić information content (AvgIpc) is 2.98. The van der Waals surface area contributed by atoms with Crippen LogP contribution >= 0.6 is 11.3 Å². The third-order valence-electron chi connectivity index (χ3n) is 4.13. The van der Waals surface area contributed by atoms with Crippen LogP contribution in [-0.4, -0.2) is 19.1 Å². The molecule has 1 N–H and O–H groups in total. The summed E-state index contributed by atoms with van der Waals surface area (Å²) in [7, 11) is 3.71. The van der Waals surface area contributed by atoms with Crippen LogP contribution in [0.25, 0.3) is 10.2 Å². The van der Waals surface area contributed by atoms with Crippen molar-refractivity contribution in [1.29, 1.82) is 0 Å². The maximum Gasteiger partial charge on any atom is 0.151 e. The number of thiazole rings is 1. The minimum Gasteiger partial charge on any atom is -0.496 e. The minimum atomic E-state index is -0.235. The van der Waals surface area contributed by atoms with Gasteiger partial charge in [-0.2, -0.15) is 0 Å². The summed E-state index contributed by atoms with van der Waals surface area (Å²) >= 11 is 1.72. The van der Waals surface area contributed by atoms with Crippen LogP contribution in [0.2, 0.25) is 0 Å². The van der Waals surface area contributed by atoms with Crippen molar-refractivity contribution >= 4 is 21.6 Å². The van der Waals surface area contributed by atoms with Crippen molar-refractivity contribution < 1.29 is 14.0 Å². The molecule has 0 spiro atoms. The topological polar surface area (TPSA) is 26.6 Å². The van der Waals surface area contributed by atoms with Gasteiger partial charge in [0.05, 0.1) is 29.9 Å². The zero-order valence-electron chi connectivity index (χ0n) is 13.5. The SMILES string of the molecule is COc1ccc(F)cc1C[NH+](C)[C@H](C)c1nc2ccccc2s1. The van der Waals surface area contributed by atoms with E-state index in [1.54, 1.807) is 30.6 Å². The number of hydrogen-bond acceptors (Lipinski definition) is 3. The van der Waals surface area contributed by atoms with Crippen molar-refractivity contribution in [3.63, 3.8) is 0 Å². The number of nitrogens with zero attached hydrogens (tertiary/aromatic N) is 1. The molecule has 0 saturated heterocycles. The van der Waals surface area contributed by atoms with Crippen LogP contribution in [0.3, 0.4) is 0 Å². The molecular weight excluding hydrogens is 311 g/mol. The first-order valence-corrected chi connectivity index (χ1v) is 8.40. The van der Waals surface area contributed by atoms with E-state index < -0.39 is 0 Å². The van der Waals surface area contributed by atoms with Gasteiger partial charge in [-0.15, -0.1) is 11.3 Å². The van der Waals surface area contributed by atoms with Gasteiger partial charge in [-0.25, -0.2) is 9.37 Å². The fourth-order valence-electron chi connectivity index (χ4n) is 2.62. The summed E-state index contributed by atoms with van der Waals surface area (Å²) in [6.07, 6.45) is 0. The maximum absolute atomic E-state index is 13.5. The van der Waals surface area contributed by atoms with Crippen molar-refractivity contribution in [3.05, 3.63) is 58.9 Å². The van der Waals surface area contributed by atoms with Crippen LogP contribution in [0.1, 0.15) is 23.5 Å². The van der Waals surface area contributed by atoms with E-state index in [0.717, 1.165) is 21.8 Å². The molecule has 3 aromatic rings. The van der Waals surface area contributed by atoms with Crippen LogP contribution in [0, 0.1) is 5.82 Å². The van der Waals surface area contributed by atoms with E-state index in [-0.39, 0.29) is 11.9 Å². The van der Waals surface area contributed by atoms with E-state index in [4.69, 9.17) is 9.72 Å². The monoisotopic (exact) mass is 331 g/mol. The van der Waals surface area contributed by atoms with E-state index >= 15 is 0 Å². The lowest BCUT2D eigenvalue weighted by molar-refractivity contribution is -0.923. The lowest BCUT2D eigenvalue weighted by Crippen LogP contribution is -3.07. The third kappa shape index (κ3) is 3.35. The summed E-state index contributed by atoms with van der Waals surface area (Å²) in [6.45, 7) is 2.83. The predicted octanol–water partition coefficient (Wildman–Crippen LogP) is 3.22. The molecule has 0 fully saturated rings. The Balaban J connectivity index is 1.82. The first-order chi connectivity index (χ1) is 11.1. The smallest absolute Gasteiger partial charge is 0.151 e.